The second-order valence-corrected chi connectivity index (χ2v) is 11.0. The molecule has 0 saturated heterocycles. The van der Waals surface area contributed by atoms with Crippen LogP contribution < -0.4 is 20.7 Å². The van der Waals surface area contributed by atoms with E-state index in [1.165, 1.54) is 18.2 Å². The number of hydrogen-bond acceptors (Lipinski definition) is 8. The van der Waals surface area contributed by atoms with Crippen molar-refractivity contribution in [2.45, 2.75) is 39.0 Å². The number of alkyl halides is 3. The minimum absolute atomic E-state index is 0.0384. The standard InChI is InChI=1S/C31H31ClF3N5O5/c1-30(2,3)45-29(43)38-12-11-37-28(42)10-13-44-26-7-5-4-6-24(26)39-18-25(41)19-8-9-23(32)21(14-19)22-17-40-27(31(33,34)35)15-20(22)16-36/h4-9,14-15,17,39H,10-13,18H2,1-3H3,(H,37,42)(H,38,43). The van der Waals surface area contributed by atoms with E-state index in [0.717, 1.165) is 6.20 Å². The molecule has 3 aromatic rings. The number of Topliss-reactive ketones (excluding diaryl/α,β-unsaturated/α-hetero) is 1. The predicted octanol–water partition coefficient (Wildman–Crippen LogP) is 6.00. The van der Waals surface area contributed by atoms with Crippen LogP contribution in [0.4, 0.5) is 23.7 Å². The zero-order chi connectivity index (χ0) is 33.2. The van der Waals surface area contributed by atoms with Crippen molar-refractivity contribution < 1.29 is 37.0 Å². The van der Waals surface area contributed by atoms with Gasteiger partial charge in [0.25, 0.3) is 0 Å². The van der Waals surface area contributed by atoms with Crippen molar-refractivity contribution in [3.8, 4) is 22.9 Å². The summed E-state index contributed by atoms with van der Waals surface area (Å²) in [7, 11) is 0. The number of halogens is 4. The first-order valence-corrected chi connectivity index (χ1v) is 14.1. The highest BCUT2D eigenvalue weighted by Crippen LogP contribution is 2.35. The molecule has 14 heteroatoms. The Morgan fingerprint density at radius 2 is 1.71 bits per heavy atom. The first kappa shape index (κ1) is 34.7. The molecule has 0 atom stereocenters. The summed E-state index contributed by atoms with van der Waals surface area (Å²) < 4.78 is 50.1. The van der Waals surface area contributed by atoms with Gasteiger partial charge in [-0.2, -0.15) is 18.4 Å². The molecule has 0 saturated carbocycles. The Morgan fingerprint density at radius 3 is 2.40 bits per heavy atom. The second-order valence-electron chi connectivity index (χ2n) is 10.6. The molecular weight excluding hydrogens is 615 g/mol. The number of pyridine rings is 1. The van der Waals surface area contributed by atoms with E-state index in [-0.39, 0.29) is 71.6 Å². The molecule has 2 amide bonds. The molecule has 0 aliphatic heterocycles. The van der Waals surface area contributed by atoms with Gasteiger partial charge >= 0.3 is 12.3 Å². The fourth-order valence-electron chi connectivity index (χ4n) is 3.86. The van der Waals surface area contributed by atoms with Gasteiger partial charge in [0.2, 0.25) is 5.91 Å². The van der Waals surface area contributed by atoms with Crippen LogP contribution in [0.3, 0.4) is 0 Å². The van der Waals surface area contributed by atoms with E-state index in [0.29, 0.717) is 17.5 Å². The SMILES string of the molecule is CC(C)(C)OC(=O)NCCNC(=O)CCOc1ccccc1NCC(=O)c1ccc(Cl)c(-c2cnc(C(F)(F)F)cc2C#N)c1. The minimum atomic E-state index is -4.73. The van der Waals surface area contributed by atoms with Crippen molar-refractivity contribution in [1.29, 1.82) is 5.26 Å². The van der Waals surface area contributed by atoms with Crippen molar-refractivity contribution >= 4 is 35.1 Å². The normalized spacial score (nSPS) is 11.2. The van der Waals surface area contributed by atoms with Crippen LogP contribution in [0, 0.1) is 11.3 Å². The van der Waals surface area contributed by atoms with Gasteiger partial charge in [0.1, 0.15) is 17.0 Å². The largest absolute Gasteiger partial charge is 0.491 e. The van der Waals surface area contributed by atoms with E-state index in [9.17, 15) is 32.8 Å². The summed E-state index contributed by atoms with van der Waals surface area (Å²) in [6.45, 7) is 5.50. The van der Waals surface area contributed by atoms with Gasteiger partial charge < -0.3 is 25.4 Å². The summed E-state index contributed by atoms with van der Waals surface area (Å²) in [6, 6.07) is 13.4. The third-order valence-electron chi connectivity index (χ3n) is 5.92. The van der Waals surface area contributed by atoms with Crippen LogP contribution in [-0.2, 0) is 15.7 Å². The van der Waals surface area contributed by atoms with E-state index in [1.54, 1.807) is 51.1 Å². The van der Waals surface area contributed by atoms with Crippen molar-refractivity contribution in [2.75, 3.05) is 31.6 Å². The lowest BCUT2D eigenvalue weighted by atomic mass is 9.98. The molecule has 2 aromatic carbocycles. The zero-order valence-electron chi connectivity index (χ0n) is 24.7. The first-order valence-electron chi connectivity index (χ1n) is 13.7. The number of nitrogens with zero attached hydrogens (tertiary/aromatic N) is 2. The number of nitrogens with one attached hydrogen (secondary N) is 3. The molecule has 0 aliphatic rings. The van der Waals surface area contributed by atoms with Crippen molar-refractivity contribution in [2.24, 2.45) is 0 Å². The second kappa shape index (κ2) is 15.3. The number of alkyl carbamates (subject to hydrolysis) is 1. The molecule has 0 radical (unpaired) electrons. The number of anilines is 1. The Morgan fingerprint density at radius 1 is 1.00 bits per heavy atom. The summed E-state index contributed by atoms with van der Waals surface area (Å²) in [5.41, 5.74) is -1.21. The zero-order valence-corrected chi connectivity index (χ0v) is 25.4. The van der Waals surface area contributed by atoms with Crippen molar-refractivity contribution in [1.82, 2.24) is 15.6 Å². The Hall–Kier alpha value is -4.83. The van der Waals surface area contributed by atoms with Gasteiger partial charge in [-0.25, -0.2) is 4.79 Å². The van der Waals surface area contributed by atoms with Crippen LogP contribution >= 0.6 is 11.6 Å². The van der Waals surface area contributed by atoms with E-state index < -0.39 is 23.6 Å². The predicted molar refractivity (Wildman–Crippen MR) is 161 cm³/mol. The number of carbonyl (C=O) groups is 3. The number of aromatic nitrogens is 1. The molecular formula is C31H31ClF3N5O5. The molecule has 0 bridgehead atoms. The number of para-hydroxylation sites is 2. The monoisotopic (exact) mass is 645 g/mol. The summed E-state index contributed by atoms with van der Waals surface area (Å²) in [5.74, 6) is -0.264. The Kier molecular flexibility index (Phi) is 11.7. The molecule has 0 fully saturated rings. The minimum Gasteiger partial charge on any atom is -0.491 e. The van der Waals surface area contributed by atoms with E-state index in [4.69, 9.17) is 21.1 Å². The van der Waals surface area contributed by atoms with Gasteiger partial charge in [-0.05, 0) is 57.2 Å². The quantitative estimate of drug-likeness (QED) is 0.161. The smallest absolute Gasteiger partial charge is 0.433 e. The average molecular weight is 646 g/mol. The Bertz CT molecular complexity index is 1590. The van der Waals surface area contributed by atoms with Crippen LogP contribution in [0.25, 0.3) is 11.1 Å². The Labute approximate surface area is 262 Å². The molecule has 1 aromatic heterocycles. The number of benzene rings is 2. The number of ether oxygens (including phenoxy) is 2. The van der Waals surface area contributed by atoms with Gasteiger partial charge in [0.15, 0.2) is 5.78 Å². The highest BCUT2D eigenvalue weighted by molar-refractivity contribution is 6.33. The Balaban J connectivity index is 1.56. The van der Waals surface area contributed by atoms with Gasteiger partial charge in [0.05, 0.1) is 36.9 Å². The molecule has 3 rings (SSSR count). The fourth-order valence-corrected chi connectivity index (χ4v) is 4.08. The maximum Gasteiger partial charge on any atom is 0.433 e. The third-order valence-corrected chi connectivity index (χ3v) is 6.25. The highest BCUT2D eigenvalue weighted by Gasteiger charge is 2.33. The fraction of sp³-hybridized carbons (Fsp3) is 0.323. The number of rotatable bonds is 12. The maximum absolute atomic E-state index is 13.1. The topological polar surface area (TPSA) is 142 Å². The number of hydrogen-bond donors (Lipinski definition) is 3. The molecule has 0 spiro atoms. The average Bonchev–Trinajstić information content (AvgIpc) is 2.97. The van der Waals surface area contributed by atoms with Crippen LogP contribution in [-0.4, -0.2) is 54.6 Å². The molecule has 238 valence electrons. The lowest BCUT2D eigenvalue weighted by molar-refractivity contribution is -0.141. The molecule has 0 unspecified atom stereocenters. The molecule has 45 heavy (non-hydrogen) atoms. The molecule has 1 heterocycles. The van der Waals surface area contributed by atoms with Crippen LogP contribution in [0.2, 0.25) is 5.02 Å². The maximum atomic E-state index is 13.1. The summed E-state index contributed by atoms with van der Waals surface area (Å²) in [6.07, 6.45) is -4.36. The molecule has 3 N–H and O–H groups in total. The molecule has 10 nitrogen and oxygen atoms in total. The lowest BCUT2D eigenvalue weighted by Crippen LogP contribution is -2.38. The number of carbonyl (C=O) groups excluding carboxylic acids is 3. The summed E-state index contributed by atoms with van der Waals surface area (Å²) in [4.78, 5) is 40.2. The number of ketones is 1. The number of nitriles is 1. The highest BCUT2D eigenvalue weighted by atomic mass is 35.5. The summed E-state index contributed by atoms with van der Waals surface area (Å²) in [5, 5.41) is 17.8. The molecule has 0 aliphatic carbocycles. The van der Waals surface area contributed by atoms with Crippen LogP contribution in [0.5, 0.6) is 5.75 Å². The van der Waals surface area contributed by atoms with E-state index >= 15 is 0 Å². The van der Waals surface area contributed by atoms with E-state index in [1.807, 2.05) is 0 Å². The van der Waals surface area contributed by atoms with Gasteiger partial charge in [-0.15, -0.1) is 0 Å². The van der Waals surface area contributed by atoms with Gasteiger partial charge in [0, 0.05) is 41.0 Å². The van der Waals surface area contributed by atoms with Gasteiger partial charge in [-0.3, -0.25) is 14.6 Å². The lowest BCUT2D eigenvalue weighted by Gasteiger charge is -2.19. The van der Waals surface area contributed by atoms with Gasteiger partial charge in [-0.1, -0.05) is 23.7 Å². The van der Waals surface area contributed by atoms with Crippen LogP contribution in [0.15, 0.2) is 54.7 Å². The van der Waals surface area contributed by atoms with Crippen molar-refractivity contribution in [3.63, 3.8) is 0 Å². The summed E-state index contributed by atoms with van der Waals surface area (Å²) >= 11 is 6.27. The first-order chi connectivity index (χ1) is 21.2. The number of amides is 2. The van der Waals surface area contributed by atoms with Crippen molar-refractivity contribution in [3.05, 3.63) is 76.6 Å². The third kappa shape index (κ3) is 10.7. The van der Waals surface area contributed by atoms with E-state index in [2.05, 4.69) is 20.9 Å². The van der Waals surface area contributed by atoms with Crippen LogP contribution in [0.1, 0.15) is 48.8 Å².